The van der Waals surface area contributed by atoms with E-state index in [0.717, 1.165) is 11.1 Å². The van der Waals surface area contributed by atoms with E-state index in [9.17, 15) is 23.2 Å². The molecule has 2 aromatic rings. The molecule has 2 N–H and O–H groups in total. The second-order valence-electron chi connectivity index (χ2n) is 8.64. The first kappa shape index (κ1) is 27.7. The van der Waals surface area contributed by atoms with Crippen molar-refractivity contribution in [1.82, 2.24) is 10.6 Å². The number of carbonyl (C=O) groups is 3. The van der Waals surface area contributed by atoms with Crippen molar-refractivity contribution < 1.29 is 37.4 Å². The molecule has 0 aromatic heterocycles. The van der Waals surface area contributed by atoms with E-state index >= 15 is 0 Å². The Labute approximate surface area is 202 Å². The van der Waals surface area contributed by atoms with Crippen LogP contribution in [0.5, 0.6) is 0 Å². The highest BCUT2D eigenvalue weighted by Gasteiger charge is 2.30. The fraction of sp³-hybridized carbons (Fsp3) is 0.400. The third kappa shape index (κ3) is 11.0. The molecule has 2 unspecified atom stereocenters. The smallest absolute Gasteiger partial charge is 0.408 e. The van der Waals surface area contributed by atoms with Crippen molar-refractivity contribution in [2.45, 2.75) is 58.1 Å². The summed E-state index contributed by atoms with van der Waals surface area (Å²) in [4.78, 5) is 37.9. The third-order valence-corrected chi connectivity index (χ3v) is 4.50. The zero-order valence-corrected chi connectivity index (χ0v) is 19.8. The monoisotopic (exact) mass is 492 g/mol. The second-order valence-corrected chi connectivity index (χ2v) is 8.64. The summed E-state index contributed by atoms with van der Waals surface area (Å²) in [6.45, 7) is 0.804. The highest BCUT2D eigenvalue weighted by molar-refractivity contribution is 5.90. The average molecular weight is 493 g/mol. The van der Waals surface area contributed by atoms with Gasteiger partial charge in [-0.2, -0.15) is 8.78 Å². The van der Waals surface area contributed by atoms with Crippen LogP contribution in [0.1, 0.15) is 31.9 Å². The van der Waals surface area contributed by atoms with Crippen molar-refractivity contribution in [1.29, 1.82) is 0 Å². The summed E-state index contributed by atoms with van der Waals surface area (Å²) < 4.78 is 40.0. The van der Waals surface area contributed by atoms with Crippen molar-refractivity contribution in [3.05, 3.63) is 71.8 Å². The molecule has 0 fully saturated rings. The zero-order valence-electron chi connectivity index (χ0n) is 19.8. The minimum absolute atomic E-state index is 0.0189. The van der Waals surface area contributed by atoms with Crippen LogP contribution in [0.4, 0.5) is 13.6 Å². The van der Waals surface area contributed by atoms with Crippen LogP contribution in [0.3, 0.4) is 0 Å². The number of rotatable bonds is 11. The van der Waals surface area contributed by atoms with E-state index in [0.29, 0.717) is 0 Å². The number of amides is 2. The van der Waals surface area contributed by atoms with Gasteiger partial charge in [-0.1, -0.05) is 60.7 Å². The molecule has 2 rings (SSSR count). The number of halogens is 2. The molecule has 2 amide bonds. The summed E-state index contributed by atoms with van der Waals surface area (Å²) in [5, 5.41) is 4.70. The number of benzene rings is 2. The van der Waals surface area contributed by atoms with Gasteiger partial charge in [0.05, 0.1) is 6.61 Å². The Kier molecular flexibility index (Phi) is 10.6. The normalized spacial score (nSPS) is 13.0. The number of esters is 1. The van der Waals surface area contributed by atoms with Gasteiger partial charge in [0.1, 0.15) is 24.3 Å². The topological polar surface area (TPSA) is 103 Å². The largest absolute Gasteiger partial charge is 0.459 e. The van der Waals surface area contributed by atoms with Gasteiger partial charge in [0.15, 0.2) is 0 Å². The van der Waals surface area contributed by atoms with Gasteiger partial charge in [0.2, 0.25) is 5.91 Å². The molecule has 0 bridgehead atoms. The van der Waals surface area contributed by atoms with Crippen molar-refractivity contribution in [2.75, 3.05) is 6.61 Å². The van der Waals surface area contributed by atoms with Gasteiger partial charge >= 0.3 is 18.7 Å². The fourth-order valence-electron chi connectivity index (χ4n) is 2.95. The van der Waals surface area contributed by atoms with Crippen molar-refractivity contribution in [2.24, 2.45) is 0 Å². The maximum absolute atomic E-state index is 12.9. The summed E-state index contributed by atoms with van der Waals surface area (Å²) in [5.41, 5.74) is 0.599. The van der Waals surface area contributed by atoms with Crippen LogP contribution in [-0.4, -0.2) is 48.9 Å². The lowest BCUT2D eigenvalue weighted by Gasteiger charge is -2.25. The molecule has 190 valence electrons. The van der Waals surface area contributed by atoms with Gasteiger partial charge in [-0.25, -0.2) is 9.59 Å². The first-order valence-corrected chi connectivity index (χ1v) is 11.0. The maximum Gasteiger partial charge on any atom is 0.408 e. The lowest BCUT2D eigenvalue weighted by atomic mass is 10.1. The van der Waals surface area contributed by atoms with E-state index in [-0.39, 0.29) is 13.0 Å². The predicted molar refractivity (Wildman–Crippen MR) is 123 cm³/mol. The summed E-state index contributed by atoms with van der Waals surface area (Å²) in [6, 6.07) is 15.1. The molecule has 0 aliphatic heterocycles. The second kappa shape index (κ2) is 13.4. The van der Waals surface area contributed by atoms with E-state index in [4.69, 9.17) is 9.47 Å². The molecule has 0 spiro atoms. The Morgan fingerprint density at radius 1 is 0.857 bits per heavy atom. The summed E-state index contributed by atoms with van der Waals surface area (Å²) in [5.74, 6) is -1.63. The molecule has 0 saturated carbocycles. The standard InChI is InChI=1S/C25H30F2N2O6/c1-25(2,3)35-24(32)29-20(16-34-23(26)27)21(30)28-19(14-17-10-6-4-7-11-17)22(31)33-15-18-12-8-5-9-13-18/h4-13,19-20,23H,14-16H2,1-3H3,(H,28,30)(H,29,32). The van der Waals surface area contributed by atoms with Gasteiger partial charge < -0.3 is 24.8 Å². The van der Waals surface area contributed by atoms with Gasteiger partial charge in [0, 0.05) is 6.42 Å². The summed E-state index contributed by atoms with van der Waals surface area (Å²) in [7, 11) is 0. The predicted octanol–water partition coefficient (Wildman–Crippen LogP) is 3.59. The van der Waals surface area contributed by atoms with Crippen LogP contribution in [0, 0.1) is 0 Å². The van der Waals surface area contributed by atoms with E-state index < -0.39 is 48.9 Å². The zero-order chi connectivity index (χ0) is 25.8. The number of carbonyl (C=O) groups excluding carboxylic acids is 3. The van der Waals surface area contributed by atoms with Crippen LogP contribution >= 0.6 is 0 Å². The van der Waals surface area contributed by atoms with Crippen molar-refractivity contribution in [3.63, 3.8) is 0 Å². The molecule has 0 heterocycles. The summed E-state index contributed by atoms with van der Waals surface area (Å²) in [6.07, 6.45) is -0.920. The molecule has 0 saturated heterocycles. The Morgan fingerprint density at radius 2 is 1.43 bits per heavy atom. The summed E-state index contributed by atoms with van der Waals surface area (Å²) >= 11 is 0. The lowest BCUT2D eigenvalue weighted by molar-refractivity contribution is -0.152. The van der Waals surface area contributed by atoms with E-state index in [2.05, 4.69) is 15.4 Å². The van der Waals surface area contributed by atoms with Crippen LogP contribution in [0.25, 0.3) is 0 Å². The lowest BCUT2D eigenvalue weighted by Crippen LogP contribution is -2.55. The van der Waals surface area contributed by atoms with E-state index in [1.54, 1.807) is 75.4 Å². The SMILES string of the molecule is CC(C)(C)OC(=O)NC(COC(F)F)C(=O)NC(Cc1ccccc1)C(=O)OCc1ccccc1. The number of alkyl halides is 2. The number of hydrogen-bond acceptors (Lipinski definition) is 6. The number of ether oxygens (including phenoxy) is 3. The number of alkyl carbamates (subject to hydrolysis) is 1. The molecule has 10 heteroatoms. The molecule has 2 aromatic carbocycles. The van der Waals surface area contributed by atoms with Crippen LogP contribution in [-0.2, 0) is 36.8 Å². The highest BCUT2D eigenvalue weighted by Crippen LogP contribution is 2.10. The van der Waals surface area contributed by atoms with Crippen LogP contribution in [0.15, 0.2) is 60.7 Å². The van der Waals surface area contributed by atoms with Crippen molar-refractivity contribution >= 4 is 18.0 Å². The first-order valence-electron chi connectivity index (χ1n) is 11.0. The Bertz CT molecular complexity index is 951. The number of hydrogen-bond donors (Lipinski definition) is 2. The molecule has 0 aliphatic carbocycles. The quantitative estimate of drug-likeness (QED) is 0.465. The van der Waals surface area contributed by atoms with Crippen LogP contribution in [0.2, 0.25) is 0 Å². The van der Waals surface area contributed by atoms with Crippen molar-refractivity contribution in [3.8, 4) is 0 Å². The van der Waals surface area contributed by atoms with Crippen LogP contribution < -0.4 is 10.6 Å². The Balaban J connectivity index is 2.14. The molecule has 0 aliphatic rings. The molecule has 8 nitrogen and oxygen atoms in total. The van der Waals surface area contributed by atoms with Gasteiger partial charge in [-0.05, 0) is 31.9 Å². The molecule has 0 radical (unpaired) electrons. The minimum Gasteiger partial charge on any atom is -0.459 e. The fourth-order valence-corrected chi connectivity index (χ4v) is 2.95. The Morgan fingerprint density at radius 3 is 1.97 bits per heavy atom. The molecule has 35 heavy (non-hydrogen) atoms. The van der Waals surface area contributed by atoms with E-state index in [1.165, 1.54) is 0 Å². The van der Waals surface area contributed by atoms with Gasteiger partial charge in [-0.3, -0.25) is 4.79 Å². The van der Waals surface area contributed by atoms with E-state index in [1.807, 2.05) is 6.07 Å². The Hall–Kier alpha value is -3.53. The third-order valence-electron chi connectivity index (χ3n) is 4.50. The number of nitrogens with one attached hydrogen (secondary N) is 2. The van der Waals surface area contributed by atoms with Gasteiger partial charge in [0.25, 0.3) is 0 Å². The first-order chi connectivity index (χ1) is 16.5. The van der Waals surface area contributed by atoms with Gasteiger partial charge in [-0.15, -0.1) is 0 Å². The average Bonchev–Trinajstić information content (AvgIpc) is 2.79. The molecule has 2 atom stereocenters. The minimum atomic E-state index is -3.17. The maximum atomic E-state index is 12.9. The molecular formula is C25H30F2N2O6. The molecular weight excluding hydrogens is 462 g/mol. The highest BCUT2D eigenvalue weighted by atomic mass is 19.3.